The maximum Gasteiger partial charge on any atom is 0.416 e. The van der Waals surface area contributed by atoms with Gasteiger partial charge in [0.25, 0.3) is 10.0 Å². The van der Waals surface area contributed by atoms with E-state index in [0.29, 0.717) is 6.42 Å². The summed E-state index contributed by atoms with van der Waals surface area (Å²) in [6.45, 7) is 1.98. The molecule has 1 heterocycles. The first-order valence-corrected chi connectivity index (χ1v) is 8.73. The van der Waals surface area contributed by atoms with E-state index < -0.39 is 21.8 Å². The molecule has 0 saturated heterocycles. The zero-order chi connectivity index (χ0) is 17.5. The van der Waals surface area contributed by atoms with Crippen LogP contribution in [0.15, 0.2) is 47.4 Å². The van der Waals surface area contributed by atoms with Crippen LogP contribution in [0.5, 0.6) is 0 Å². The predicted octanol–water partition coefficient (Wildman–Crippen LogP) is 3.86. The fraction of sp³-hybridized carbons (Fsp3) is 0.250. The van der Waals surface area contributed by atoms with E-state index in [-0.39, 0.29) is 16.6 Å². The molecule has 0 unspecified atom stereocenters. The average Bonchev–Trinajstić information content (AvgIpc) is 2.85. The smallest absolute Gasteiger partial charge is 0.382 e. The lowest BCUT2D eigenvalue weighted by Gasteiger charge is -2.12. The third-order valence-corrected chi connectivity index (χ3v) is 5.14. The van der Waals surface area contributed by atoms with Crippen LogP contribution in [0.1, 0.15) is 18.1 Å². The molecule has 1 atom stereocenters. The quantitative estimate of drug-likeness (QED) is 0.878. The van der Waals surface area contributed by atoms with Gasteiger partial charge in [-0.1, -0.05) is 6.07 Å². The van der Waals surface area contributed by atoms with Gasteiger partial charge in [0.2, 0.25) is 0 Å². The zero-order valence-corrected chi connectivity index (χ0v) is 13.5. The lowest BCUT2D eigenvalue weighted by Crippen LogP contribution is -2.14. The summed E-state index contributed by atoms with van der Waals surface area (Å²) in [5.74, 6) is 0. The largest absolute Gasteiger partial charge is 0.416 e. The van der Waals surface area contributed by atoms with Crippen LogP contribution in [0.4, 0.5) is 24.5 Å². The van der Waals surface area contributed by atoms with E-state index in [1.54, 1.807) is 12.1 Å². The Morgan fingerprint density at radius 1 is 1.17 bits per heavy atom. The Balaban J connectivity index is 1.89. The summed E-state index contributed by atoms with van der Waals surface area (Å²) in [6, 6.07) is 8.96. The number of halogens is 3. The van der Waals surface area contributed by atoms with Crippen LogP contribution in [0.2, 0.25) is 0 Å². The van der Waals surface area contributed by atoms with Gasteiger partial charge in [0, 0.05) is 17.4 Å². The maximum absolute atomic E-state index is 12.7. The first-order chi connectivity index (χ1) is 11.1. The minimum Gasteiger partial charge on any atom is -0.382 e. The molecule has 0 radical (unpaired) electrons. The maximum atomic E-state index is 12.7. The van der Waals surface area contributed by atoms with E-state index in [0.717, 1.165) is 29.4 Å². The molecule has 24 heavy (non-hydrogen) atoms. The number of alkyl halides is 3. The normalized spacial score (nSPS) is 17.2. The van der Waals surface area contributed by atoms with Gasteiger partial charge in [-0.15, -0.1) is 0 Å². The van der Waals surface area contributed by atoms with E-state index in [4.69, 9.17) is 0 Å². The Morgan fingerprint density at radius 3 is 2.62 bits per heavy atom. The molecule has 8 heteroatoms. The van der Waals surface area contributed by atoms with Crippen molar-refractivity contribution in [3.63, 3.8) is 0 Å². The first kappa shape index (κ1) is 16.6. The summed E-state index contributed by atoms with van der Waals surface area (Å²) in [6.07, 6.45) is -3.83. The van der Waals surface area contributed by atoms with Gasteiger partial charge in [-0.2, -0.15) is 13.2 Å². The highest BCUT2D eigenvalue weighted by molar-refractivity contribution is 7.92. The number of sulfonamides is 1. The van der Waals surface area contributed by atoms with Gasteiger partial charge in [-0.05, 0) is 55.3 Å². The van der Waals surface area contributed by atoms with E-state index in [2.05, 4.69) is 10.0 Å². The topological polar surface area (TPSA) is 58.2 Å². The Kier molecular flexibility index (Phi) is 3.95. The molecule has 128 valence electrons. The summed E-state index contributed by atoms with van der Waals surface area (Å²) in [5.41, 5.74) is 0.710. The zero-order valence-electron chi connectivity index (χ0n) is 12.7. The van der Waals surface area contributed by atoms with Gasteiger partial charge >= 0.3 is 6.18 Å². The molecule has 1 aliphatic heterocycles. The number of anilines is 2. The molecular weight excluding hydrogens is 341 g/mol. The molecule has 2 aromatic carbocycles. The van der Waals surface area contributed by atoms with Crippen LogP contribution < -0.4 is 10.0 Å². The van der Waals surface area contributed by atoms with Gasteiger partial charge in [0.15, 0.2) is 0 Å². The Labute approximate surface area is 137 Å². The van der Waals surface area contributed by atoms with Crippen molar-refractivity contribution < 1.29 is 21.6 Å². The number of nitrogens with one attached hydrogen (secondary N) is 2. The second-order valence-electron chi connectivity index (χ2n) is 5.75. The van der Waals surface area contributed by atoms with Gasteiger partial charge < -0.3 is 5.32 Å². The van der Waals surface area contributed by atoms with Crippen LogP contribution >= 0.6 is 0 Å². The molecule has 0 aliphatic carbocycles. The summed E-state index contributed by atoms with van der Waals surface area (Å²) >= 11 is 0. The van der Waals surface area contributed by atoms with Crippen LogP contribution in [0, 0.1) is 0 Å². The van der Waals surface area contributed by atoms with Crippen LogP contribution in [0.3, 0.4) is 0 Å². The molecule has 0 spiro atoms. The highest BCUT2D eigenvalue weighted by atomic mass is 32.2. The summed E-state index contributed by atoms with van der Waals surface area (Å²) in [4.78, 5) is 0.0227. The third kappa shape index (κ3) is 3.33. The Morgan fingerprint density at radius 2 is 1.92 bits per heavy atom. The monoisotopic (exact) mass is 356 g/mol. The number of benzene rings is 2. The Bertz CT molecular complexity index is 879. The molecule has 0 fully saturated rings. The lowest BCUT2D eigenvalue weighted by atomic mass is 10.1. The van der Waals surface area contributed by atoms with E-state index >= 15 is 0 Å². The van der Waals surface area contributed by atoms with Crippen LogP contribution in [-0.4, -0.2) is 14.5 Å². The molecule has 0 aromatic heterocycles. The number of hydrogen-bond acceptors (Lipinski definition) is 3. The van der Waals surface area contributed by atoms with Crippen molar-refractivity contribution in [3.05, 3.63) is 53.6 Å². The molecule has 0 amide bonds. The van der Waals surface area contributed by atoms with Gasteiger partial charge in [-0.25, -0.2) is 8.42 Å². The number of hydrogen-bond donors (Lipinski definition) is 2. The van der Waals surface area contributed by atoms with E-state index in [9.17, 15) is 21.6 Å². The second-order valence-corrected chi connectivity index (χ2v) is 7.43. The molecule has 2 aromatic rings. The summed E-state index contributed by atoms with van der Waals surface area (Å²) < 4.78 is 65.2. The van der Waals surface area contributed by atoms with Crippen molar-refractivity contribution in [1.82, 2.24) is 0 Å². The molecule has 3 rings (SSSR count). The van der Waals surface area contributed by atoms with Crippen molar-refractivity contribution in [2.24, 2.45) is 0 Å². The highest BCUT2D eigenvalue weighted by Gasteiger charge is 2.31. The second kappa shape index (κ2) is 5.70. The van der Waals surface area contributed by atoms with Crippen molar-refractivity contribution in [1.29, 1.82) is 0 Å². The first-order valence-electron chi connectivity index (χ1n) is 7.25. The minimum absolute atomic E-state index is 0.0227. The molecule has 0 saturated carbocycles. The summed E-state index contributed by atoms with van der Waals surface area (Å²) in [5, 5.41) is 3.21. The Hall–Kier alpha value is -2.22. The van der Waals surface area contributed by atoms with Crippen molar-refractivity contribution in [2.75, 3.05) is 10.0 Å². The molecule has 1 aliphatic rings. The number of rotatable bonds is 3. The fourth-order valence-electron chi connectivity index (χ4n) is 2.67. The van der Waals surface area contributed by atoms with Gasteiger partial charge in [0.1, 0.15) is 0 Å². The van der Waals surface area contributed by atoms with E-state index in [1.165, 1.54) is 12.1 Å². The SMILES string of the molecule is C[C@@H]1Cc2cc(S(=O)(=O)Nc3cccc(C(F)(F)F)c3)ccc2N1. The summed E-state index contributed by atoms with van der Waals surface area (Å²) in [7, 11) is -3.96. The van der Waals surface area contributed by atoms with Crippen molar-refractivity contribution >= 4 is 21.4 Å². The number of fused-ring (bicyclic) bond motifs is 1. The molecule has 4 nitrogen and oxygen atoms in total. The van der Waals surface area contributed by atoms with Gasteiger partial charge in [-0.3, -0.25) is 4.72 Å². The van der Waals surface area contributed by atoms with E-state index in [1.807, 2.05) is 6.92 Å². The molecule has 2 N–H and O–H groups in total. The lowest BCUT2D eigenvalue weighted by molar-refractivity contribution is -0.137. The predicted molar refractivity (Wildman–Crippen MR) is 85.5 cm³/mol. The average molecular weight is 356 g/mol. The molecule has 0 bridgehead atoms. The van der Waals surface area contributed by atoms with Crippen LogP contribution in [-0.2, 0) is 22.6 Å². The molecular formula is C16H15F3N2O2S. The van der Waals surface area contributed by atoms with Crippen molar-refractivity contribution in [3.8, 4) is 0 Å². The minimum atomic E-state index is -4.53. The van der Waals surface area contributed by atoms with Crippen molar-refractivity contribution in [2.45, 2.75) is 30.5 Å². The highest BCUT2D eigenvalue weighted by Crippen LogP contribution is 2.32. The third-order valence-electron chi connectivity index (χ3n) is 3.76. The fourth-order valence-corrected chi connectivity index (χ4v) is 3.77. The standard InChI is InChI=1S/C16H15F3N2O2S/c1-10-7-11-8-14(5-6-15(11)20-10)24(22,23)21-13-4-2-3-12(9-13)16(17,18)19/h2-6,8-10,20-21H,7H2,1H3/t10-/m1/s1. The van der Waals surface area contributed by atoms with Gasteiger partial charge in [0.05, 0.1) is 10.5 Å². The van der Waals surface area contributed by atoms with Crippen LogP contribution in [0.25, 0.3) is 0 Å².